The highest BCUT2D eigenvalue weighted by molar-refractivity contribution is 6.30. The molecule has 4 rings (SSSR count). The van der Waals surface area contributed by atoms with Gasteiger partial charge in [-0.15, -0.1) is 0 Å². The molecule has 0 saturated carbocycles. The number of carbonyl (C=O) groups is 1. The van der Waals surface area contributed by atoms with E-state index in [9.17, 15) is 9.90 Å². The summed E-state index contributed by atoms with van der Waals surface area (Å²) in [5, 5.41) is 14.2. The molecule has 0 radical (unpaired) electrons. The summed E-state index contributed by atoms with van der Waals surface area (Å²) in [5.41, 5.74) is 7.19. The number of anilines is 1. The number of amides is 1. The van der Waals surface area contributed by atoms with Crippen LogP contribution in [0.15, 0.2) is 42.9 Å². The summed E-state index contributed by atoms with van der Waals surface area (Å²) < 4.78 is 0. The van der Waals surface area contributed by atoms with Crippen molar-refractivity contribution in [2.75, 3.05) is 31.1 Å². The molecule has 1 atom stereocenters. The second-order valence-electron chi connectivity index (χ2n) is 8.00. The standard InChI is InChI=1S/C22H27ClN6O2/c23-16-3-1-15(2-4-16)18(6-12-30)28-21(31)22(13-24)7-10-29(11-8-22)20-17-5-9-25-19(17)26-14-27-20/h1-5,9,14,18,30H,6-8,10-13,24H2,(H,28,31)(H,25,26,27). The van der Waals surface area contributed by atoms with Gasteiger partial charge in [-0.1, -0.05) is 23.7 Å². The van der Waals surface area contributed by atoms with Gasteiger partial charge in [0, 0.05) is 37.5 Å². The molecule has 0 spiro atoms. The minimum absolute atomic E-state index is 0.0304. The molecule has 0 bridgehead atoms. The van der Waals surface area contributed by atoms with E-state index in [0.717, 1.165) is 22.4 Å². The first kappa shape index (κ1) is 21.5. The van der Waals surface area contributed by atoms with Gasteiger partial charge in [-0.2, -0.15) is 0 Å². The van der Waals surface area contributed by atoms with Crippen LogP contribution in [-0.2, 0) is 4.79 Å². The molecule has 2 aromatic heterocycles. The van der Waals surface area contributed by atoms with Crippen LogP contribution in [0.25, 0.3) is 11.0 Å². The van der Waals surface area contributed by atoms with Crippen LogP contribution < -0.4 is 16.0 Å². The number of aromatic amines is 1. The predicted octanol–water partition coefficient (Wildman–Crippen LogP) is 2.40. The zero-order valence-corrected chi connectivity index (χ0v) is 18.0. The van der Waals surface area contributed by atoms with Crippen molar-refractivity contribution in [3.63, 3.8) is 0 Å². The molecular formula is C22H27ClN6O2. The topological polar surface area (TPSA) is 120 Å². The van der Waals surface area contributed by atoms with Gasteiger partial charge in [0.15, 0.2) is 0 Å². The zero-order chi connectivity index (χ0) is 21.8. The maximum Gasteiger partial charge on any atom is 0.228 e. The van der Waals surface area contributed by atoms with Crippen molar-refractivity contribution in [1.29, 1.82) is 0 Å². The molecule has 31 heavy (non-hydrogen) atoms. The van der Waals surface area contributed by atoms with Crippen LogP contribution in [0.2, 0.25) is 5.02 Å². The summed E-state index contributed by atoms with van der Waals surface area (Å²) in [6, 6.07) is 8.99. The molecule has 1 saturated heterocycles. The number of halogens is 1. The number of H-pyrrole nitrogens is 1. The van der Waals surface area contributed by atoms with Crippen LogP contribution in [0.5, 0.6) is 0 Å². The van der Waals surface area contributed by atoms with E-state index >= 15 is 0 Å². The lowest BCUT2D eigenvalue weighted by atomic mass is 9.77. The third-order valence-corrected chi connectivity index (χ3v) is 6.47. The molecule has 164 valence electrons. The van der Waals surface area contributed by atoms with Crippen LogP contribution in [-0.4, -0.2) is 52.2 Å². The first-order valence-corrected chi connectivity index (χ1v) is 10.8. The van der Waals surface area contributed by atoms with Gasteiger partial charge >= 0.3 is 0 Å². The lowest BCUT2D eigenvalue weighted by Crippen LogP contribution is -2.53. The van der Waals surface area contributed by atoms with E-state index in [1.807, 2.05) is 24.4 Å². The number of aromatic nitrogens is 3. The molecule has 0 aliphatic carbocycles. The Hall–Kier alpha value is -2.68. The lowest BCUT2D eigenvalue weighted by molar-refractivity contribution is -0.132. The lowest BCUT2D eigenvalue weighted by Gasteiger charge is -2.41. The van der Waals surface area contributed by atoms with E-state index < -0.39 is 5.41 Å². The van der Waals surface area contributed by atoms with Crippen LogP contribution in [0.3, 0.4) is 0 Å². The van der Waals surface area contributed by atoms with Gasteiger partial charge in [0.1, 0.15) is 17.8 Å². The Morgan fingerprint density at radius 2 is 2.00 bits per heavy atom. The molecule has 9 heteroatoms. The van der Waals surface area contributed by atoms with E-state index in [4.69, 9.17) is 17.3 Å². The van der Waals surface area contributed by atoms with Gasteiger partial charge in [0.25, 0.3) is 0 Å². The van der Waals surface area contributed by atoms with E-state index in [-0.39, 0.29) is 25.1 Å². The minimum Gasteiger partial charge on any atom is -0.396 e. The molecule has 1 aliphatic heterocycles. The smallest absolute Gasteiger partial charge is 0.228 e. The monoisotopic (exact) mass is 442 g/mol. The number of carbonyl (C=O) groups excluding carboxylic acids is 1. The van der Waals surface area contributed by atoms with Crippen LogP contribution >= 0.6 is 11.6 Å². The normalized spacial score (nSPS) is 16.9. The fourth-order valence-electron chi connectivity index (χ4n) is 4.24. The Morgan fingerprint density at radius 3 is 2.68 bits per heavy atom. The molecule has 8 nitrogen and oxygen atoms in total. The Kier molecular flexibility index (Phi) is 6.41. The van der Waals surface area contributed by atoms with Crippen LogP contribution in [0.1, 0.15) is 30.9 Å². The number of aliphatic hydroxyl groups is 1. The highest BCUT2D eigenvalue weighted by atomic mass is 35.5. The Labute approximate surface area is 185 Å². The quantitative estimate of drug-likeness (QED) is 0.446. The van der Waals surface area contributed by atoms with Crippen molar-refractivity contribution in [1.82, 2.24) is 20.3 Å². The summed E-state index contributed by atoms with van der Waals surface area (Å²) in [7, 11) is 0. The van der Waals surface area contributed by atoms with Gasteiger partial charge in [-0.05, 0) is 43.0 Å². The Morgan fingerprint density at radius 1 is 1.26 bits per heavy atom. The molecular weight excluding hydrogens is 416 g/mol. The number of fused-ring (bicyclic) bond motifs is 1. The van der Waals surface area contributed by atoms with E-state index in [2.05, 4.69) is 25.2 Å². The van der Waals surface area contributed by atoms with E-state index in [1.165, 1.54) is 0 Å². The van der Waals surface area contributed by atoms with Gasteiger partial charge in [0.2, 0.25) is 5.91 Å². The predicted molar refractivity (Wildman–Crippen MR) is 121 cm³/mol. The molecule has 5 N–H and O–H groups in total. The number of benzene rings is 1. The van der Waals surface area contributed by atoms with Gasteiger partial charge in [-0.3, -0.25) is 4.79 Å². The fraction of sp³-hybridized carbons (Fsp3) is 0.409. The van der Waals surface area contributed by atoms with Crippen molar-refractivity contribution in [3.8, 4) is 0 Å². The van der Waals surface area contributed by atoms with Crippen molar-refractivity contribution in [2.24, 2.45) is 11.1 Å². The van der Waals surface area contributed by atoms with E-state index in [1.54, 1.807) is 18.5 Å². The summed E-state index contributed by atoms with van der Waals surface area (Å²) in [6.45, 7) is 1.58. The second-order valence-corrected chi connectivity index (χ2v) is 8.44. The molecule has 1 unspecified atom stereocenters. The molecule has 3 heterocycles. The van der Waals surface area contributed by atoms with Crippen molar-refractivity contribution in [2.45, 2.75) is 25.3 Å². The number of rotatable bonds is 7. The fourth-order valence-corrected chi connectivity index (χ4v) is 4.36. The number of piperidine rings is 1. The van der Waals surface area contributed by atoms with Crippen molar-refractivity contribution in [3.05, 3.63) is 53.4 Å². The number of hydrogen-bond donors (Lipinski definition) is 4. The first-order chi connectivity index (χ1) is 15.1. The molecule has 1 fully saturated rings. The Bertz CT molecular complexity index is 1030. The molecule has 1 amide bonds. The van der Waals surface area contributed by atoms with Gasteiger partial charge < -0.3 is 26.0 Å². The van der Waals surface area contributed by atoms with Gasteiger partial charge in [0.05, 0.1) is 16.8 Å². The second kappa shape index (κ2) is 9.21. The average molecular weight is 443 g/mol. The van der Waals surface area contributed by atoms with Crippen LogP contribution in [0.4, 0.5) is 5.82 Å². The number of nitrogens with one attached hydrogen (secondary N) is 2. The highest BCUT2D eigenvalue weighted by Gasteiger charge is 2.41. The van der Waals surface area contributed by atoms with Crippen LogP contribution in [0, 0.1) is 5.41 Å². The maximum atomic E-state index is 13.3. The third kappa shape index (κ3) is 4.37. The highest BCUT2D eigenvalue weighted by Crippen LogP contribution is 2.35. The largest absolute Gasteiger partial charge is 0.396 e. The van der Waals surface area contributed by atoms with Crippen molar-refractivity contribution < 1.29 is 9.90 Å². The Balaban J connectivity index is 1.48. The van der Waals surface area contributed by atoms with E-state index in [0.29, 0.717) is 37.4 Å². The molecule has 1 aliphatic rings. The minimum atomic E-state index is -0.652. The zero-order valence-electron chi connectivity index (χ0n) is 17.2. The van der Waals surface area contributed by atoms with Crippen molar-refractivity contribution >= 4 is 34.4 Å². The number of nitrogens with zero attached hydrogens (tertiary/aromatic N) is 3. The summed E-state index contributed by atoms with van der Waals surface area (Å²) in [5.74, 6) is 0.800. The summed E-state index contributed by atoms with van der Waals surface area (Å²) in [6.07, 6.45) is 5.07. The molecule has 1 aromatic carbocycles. The average Bonchev–Trinajstić information content (AvgIpc) is 3.28. The summed E-state index contributed by atoms with van der Waals surface area (Å²) >= 11 is 5.99. The number of nitrogens with two attached hydrogens (primary N) is 1. The maximum absolute atomic E-state index is 13.3. The first-order valence-electron chi connectivity index (χ1n) is 10.5. The number of aliphatic hydroxyl groups excluding tert-OH is 1. The van der Waals surface area contributed by atoms with Gasteiger partial charge in [-0.25, -0.2) is 9.97 Å². The summed E-state index contributed by atoms with van der Waals surface area (Å²) in [4.78, 5) is 27.3. The third-order valence-electron chi connectivity index (χ3n) is 6.22. The molecule has 3 aromatic rings. The number of hydrogen-bond acceptors (Lipinski definition) is 6. The SMILES string of the molecule is NCC1(C(=O)NC(CCO)c2ccc(Cl)cc2)CCN(c2ncnc3[nH]ccc23)CC1.